The van der Waals surface area contributed by atoms with E-state index in [1.54, 1.807) is 42.5 Å². The zero-order valence-electron chi connectivity index (χ0n) is 15.8. The van der Waals surface area contributed by atoms with Crippen molar-refractivity contribution in [1.82, 2.24) is 10.6 Å². The molecule has 2 aromatic carbocycles. The Morgan fingerprint density at radius 1 is 1.07 bits per heavy atom. The van der Waals surface area contributed by atoms with Crippen LogP contribution in [0.5, 0.6) is 0 Å². The first-order chi connectivity index (χ1) is 13.9. The van der Waals surface area contributed by atoms with E-state index in [4.69, 9.17) is 4.74 Å². The molecular formula is C21H21N3O5. The summed E-state index contributed by atoms with van der Waals surface area (Å²) in [7, 11) is 0. The van der Waals surface area contributed by atoms with Crippen molar-refractivity contribution in [2.45, 2.75) is 31.9 Å². The number of carbonyl (C=O) groups excluding carboxylic acids is 4. The first-order valence-corrected chi connectivity index (χ1v) is 9.15. The van der Waals surface area contributed by atoms with Crippen molar-refractivity contribution < 1.29 is 23.9 Å². The number of esters is 1. The summed E-state index contributed by atoms with van der Waals surface area (Å²) in [6.45, 7) is 1.94. The summed E-state index contributed by atoms with van der Waals surface area (Å²) in [5.74, 6) is -1.62. The first-order valence-electron chi connectivity index (χ1n) is 9.15. The second kappa shape index (κ2) is 9.01. The predicted octanol–water partition coefficient (Wildman–Crippen LogP) is 2.21. The number of ether oxygens (including phenoxy) is 1. The van der Waals surface area contributed by atoms with Crippen LogP contribution < -0.4 is 16.0 Å². The highest BCUT2D eigenvalue weighted by atomic mass is 16.5. The van der Waals surface area contributed by atoms with Crippen LogP contribution in [0, 0.1) is 6.92 Å². The molecule has 1 heterocycles. The highest BCUT2D eigenvalue weighted by Crippen LogP contribution is 2.21. The molecule has 0 unspecified atom stereocenters. The molecule has 0 aromatic heterocycles. The maximum absolute atomic E-state index is 12.8. The molecule has 8 nitrogen and oxygen atoms in total. The molecule has 0 spiro atoms. The molecule has 1 aliphatic heterocycles. The van der Waals surface area contributed by atoms with Crippen LogP contribution >= 0.6 is 0 Å². The maximum atomic E-state index is 12.8. The van der Waals surface area contributed by atoms with E-state index < -0.39 is 36.0 Å². The molecule has 0 radical (unpaired) electrons. The number of hydrogen-bond acceptors (Lipinski definition) is 5. The summed E-state index contributed by atoms with van der Waals surface area (Å²) in [5.41, 5.74) is 2.16. The van der Waals surface area contributed by atoms with Gasteiger partial charge in [0.1, 0.15) is 6.04 Å². The highest BCUT2D eigenvalue weighted by molar-refractivity contribution is 6.04. The smallest absolute Gasteiger partial charge is 0.322 e. The monoisotopic (exact) mass is 395 g/mol. The molecule has 0 bridgehead atoms. The molecule has 1 fully saturated rings. The fourth-order valence-corrected chi connectivity index (χ4v) is 2.86. The van der Waals surface area contributed by atoms with Gasteiger partial charge in [-0.05, 0) is 25.5 Å². The molecule has 3 rings (SSSR count). The molecule has 4 amide bonds. The number of carbonyl (C=O) groups is 4. The molecule has 150 valence electrons. The predicted molar refractivity (Wildman–Crippen MR) is 105 cm³/mol. The third kappa shape index (κ3) is 5.41. The van der Waals surface area contributed by atoms with Gasteiger partial charge in [0.2, 0.25) is 6.10 Å². The van der Waals surface area contributed by atoms with E-state index >= 15 is 0 Å². The minimum absolute atomic E-state index is 0.0809. The number of urea groups is 1. The Morgan fingerprint density at radius 3 is 2.38 bits per heavy atom. The second-order valence-electron chi connectivity index (χ2n) is 6.69. The minimum atomic E-state index is -1.14. The maximum Gasteiger partial charge on any atom is 0.322 e. The van der Waals surface area contributed by atoms with Gasteiger partial charge in [0.15, 0.2) is 0 Å². The number of hydrogen-bond donors (Lipinski definition) is 3. The molecular weight excluding hydrogens is 374 g/mol. The molecule has 2 atom stereocenters. The van der Waals surface area contributed by atoms with Gasteiger partial charge >= 0.3 is 12.0 Å². The zero-order valence-corrected chi connectivity index (χ0v) is 15.8. The summed E-state index contributed by atoms with van der Waals surface area (Å²) < 4.78 is 5.42. The lowest BCUT2D eigenvalue weighted by molar-refractivity contribution is -0.155. The van der Waals surface area contributed by atoms with Crippen LogP contribution in [0.1, 0.15) is 30.1 Å². The number of rotatable bonds is 7. The first kappa shape index (κ1) is 20.1. The Hall–Kier alpha value is -3.68. The van der Waals surface area contributed by atoms with E-state index in [0.717, 1.165) is 5.56 Å². The van der Waals surface area contributed by atoms with Crippen LogP contribution in [-0.4, -0.2) is 29.9 Å². The van der Waals surface area contributed by atoms with E-state index in [-0.39, 0.29) is 12.8 Å². The van der Waals surface area contributed by atoms with Crippen molar-refractivity contribution in [3.63, 3.8) is 0 Å². The normalized spacial score (nSPS) is 16.5. The molecule has 0 aliphatic carbocycles. The highest BCUT2D eigenvalue weighted by Gasteiger charge is 2.31. The molecule has 8 heteroatoms. The molecule has 2 aromatic rings. The molecule has 1 aliphatic rings. The van der Waals surface area contributed by atoms with Gasteiger partial charge in [0.05, 0.1) is 0 Å². The van der Waals surface area contributed by atoms with Gasteiger partial charge in [-0.3, -0.25) is 19.7 Å². The quantitative estimate of drug-likeness (QED) is 0.491. The van der Waals surface area contributed by atoms with Crippen LogP contribution in [0.25, 0.3) is 0 Å². The third-order valence-corrected chi connectivity index (χ3v) is 4.40. The lowest BCUT2D eigenvalue weighted by Crippen LogP contribution is -2.30. The van der Waals surface area contributed by atoms with E-state index in [1.165, 1.54) is 0 Å². The second-order valence-corrected chi connectivity index (χ2v) is 6.69. The molecule has 3 N–H and O–H groups in total. The number of amides is 4. The Balaban J connectivity index is 1.66. The third-order valence-electron chi connectivity index (χ3n) is 4.40. The summed E-state index contributed by atoms with van der Waals surface area (Å²) in [5, 5.41) is 7.26. The van der Waals surface area contributed by atoms with E-state index in [0.29, 0.717) is 11.3 Å². The van der Waals surface area contributed by atoms with Gasteiger partial charge in [0.25, 0.3) is 11.8 Å². The van der Waals surface area contributed by atoms with Gasteiger partial charge in [-0.25, -0.2) is 4.79 Å². The average Bonchev–Trinajstić information content (AvgIpc) is 3.04. The van der Waals surface area contributed by atoms with E-state index in [9.17, 15) is 19.2 Å². The van der Waals surface area contributed by atoms with Gasteiger partial charge in [-0.1, -0.05) is 48.0 Å². The number of anilines is 1. The van der Waals surface area contributed by atoms with E-state index in [2.05, 4.69) is 16.0 Å². The summed E-state index contributed by atoms with van der Waals surface area (Å²) in [6, 6.07) is 14.5. The molecule has 1 saturated heterocycles. The van der Waals surface area contributed by atoms with Gasteiger partial charge in [-0.2, -0.15) is 0 Å². The Labute approximate surface area is 167 Å². The van der Waals surface area contributed by atoms with Crippen molar-refractivity contribution in [3.8, 4) is 0 Å². The Morgan fingerprint density at radius 2 is 1.76 bits per heavy atom. The van der Waals surface area contributed by atoms with Crippen LogP contribution in [0.3, 0.4) is 0 Å². The fraction of sp³-hybridized carbons (Fsp3) is 0.238. The van der Waals surface area contributed by atoms with Crippen molar-refractivity contribution in [3.05, 3.63) is 65.7 Å². The number of imide groups is 1. The van der Waals surface area contributed by atoms with Crippen LogP contribution in [0.2, 0.25) is 0 Å². The largest absolute Gasteiger partial charge is 0.447 e. The van der Waals surface area contributed by atoms with Crippen LogP contribution in [0.15, 0.2) is 54.6 Å². The molecule has 0 saturated carbocycles. The summed E-state index contributed by atoms with van der Waals surface area (Å²) >= 11 is 0. The Kier molecular flexibility index (Phi) is 6.23. The minimum Gasteiger partial charge on any atom is -0.447 e. The van der Waals surface area contributed by atoms with Gasteiger partial charge in [-0.15, -0.1) is 0 Å². The zero-order chi connectivity index (χ0) is 20.8. The van der Waals surface area contributed by atoms with Crippen LogP contribution in [0.4, 0.5) is 10.5 Å². The standard InChI is InChI=1S/C21H21N3O5/c1-13-7-9-15(10-8-13)22-20(27)18(14-5-3-2-4-6-14)29-17(25)12-11-16-19(26)24-21(28)23-16/h2-10,16,18H,11-12H2,1H3,(H,22,27)(H2,23,24,26,28)/t16-,18+/m1/s1. The van der Waals surface area contributed by atoms with Crippen molar-refractivity contribution >= 4 is 29.5 Å². The van der Waals surface area contributed by atoms with E-state index in [1.807, 2.05) is 19.1 Å². The fourth-order valence-electron chi connectivity index (χ4n) is 2.86. The Bertz CT molecular complexity index is 912. The summed E-state index contributed by atoms with van der Waals surface area (Å²) in [4.78, 5) is 47.8. The lowest BCUT2D eigenvalue weighted by atomic mass is 10.1. The van der Waals surface area contributed by atoms with Crippen molar-refractivity contribution in [2.24, 2.45) is 0 Å². The number of benzene rings is 2. The molecule has 29 heavy (non-hydrogen) atoms. The topological polar surface area (TPSA) is 114 Å². The summed E-state index contributed by atoms with van der Waals surface area (Å²) in [6.07, 6.45) is -1.19. The van der Waals surface area contributed by atoms with Gasteiger partial charge < -0.3 is 15.4 Å². The average molecular weight is 395 g/mol. The van der Waals surface area contributed by atoms with Gasteiger partial charge in [0, 0.05) is 17.7 Å². The number of aryl methyl sites for hydroxylation is 1. The lowest BCUT2D eigenvalue weighted by Gasteiger charge is -2.18. The SMILES string of the molecule is Cc1ccc(NC(=O)[C@@H](OC(=O)CC[C@H]2NC(=O)NC2=O)c2ccccc2)cc1. The van der Waals surface area contributed by atoms with Crippen molar-refractivity contribution in [2.75, 3.05) is 5.32 Å². The van der Waals surface area contributed by atoms with Crippen LogP contribution in [-0.2, 0) is 19.1 Å². The van der Waals surface area contributed by atoms with Crippen molar-refractivity contribution in [1.29, 1.82) is 0 Å². The number of nitrogens with one attached hydrogen (secondary N) is 3.